The smallest absolute Gasteiger partial charge is 0.191 e. The number of benzene rings is 1. The highest BCUT2D eigenvalue weighted by Crippen LogP contribution is 2.23. The van der Waals surface area contributed by atoms with Crippen molar-refractivity contribution in [3.63, 3.8) is 0 Å². The first kappa shape index (κ1) is 23.1. The molecule has 28 heavy (non-hydrogen) atoms. The standard InChI is InChI=1S/C20H26N4OS2.HI/c1-3-21-19(23-14-20(2,25)15-10-12-26-13-15)22-11-6-9-18-24-16-7-4-5-8-17(16)27-18;/h4-5,7-8,10,12-13,25H,3,6,9,11,14H2,1-2H3,(H2,21,22,23);1H. The van der Waals surface area contributed by atoms with Gasteiger partial charge in [-0.2, -0.15) is 11.3 Å². The van der Waals surface area contributed by atoms with Crippen LogP contribution in [0.2, 0.25) is 0 Å². The van der Waals surface area contributed by atoms with E-state index in [0.717, 1.165) is 43.0 Å². The highest BCUT2D eigenvalue weighted by atomic mass is 127. The predicted octanol–water partition coefficient (Wildman–Crippen LogP) is 4.37. The van der Waals surface area contributed by atoms with E-state index in [4.69, 9.17) is 0 Å². The fourth-order valence-electron chi connectivity index (χ4n) is 2.71. The number of nitrogens with one attached hydrogen (secondary N) is 2. The lowest BCUT2D eigenvalue weighted by Gasteiger charge is -2.21. The number of hydrogen-bond donors (Lipinski definition) is 3. The van der Waals surface area contributed by atoms with Gasteiger partial charge in [0.1, 0.15) is 5.60 Å². The van der Waals surface area contributed by atoms with Gasteiger partial charge in [-0.05, 0) is 54.8 Å². The number of aliphatic hydroxyl groups is 1. The third-order valence-electron chi connectivity index (χ3n) is 4.23. The molecule has 3 rings (SSSR count). The maximum Gasteiger partial charge on any atom is 0.191 e. The van der Waals surface area contributed by atoms with Crippen molar-refractivity contribution < 1.29 is 5.11 Å². The first-order chi connectivity index (χ1) is 13.1. The second kappa shape index (κ2) is 11.1. The Morgan fingerprint density at radius 2 is 2.07 bits per heavy atom. The van der Waals surface area contributed by atoms with E-state index >= 15 is 0 Å². The summed E-state index contributed by atoms with van der Waals surface area (Å²) in [6, 6.07) is 10.2. The van der Waals surface area contributed by atoms with E-state index < -0.39 is 5.60 Å². The van der Waals surface area contributed by atoms with Gasteiger partial charge in [0, 0.05) is 19.5 Å². The number of nitrogens with zero attached hydrogens (tertiary/aromatic N) is 2. The Labute approximate surface area is 191 Å². The summed E-state index contributed by atoms with van der Waals surface area (Å²) >= 11 is 3.34. The number of aliphatic imine (C=N–C) groups is 1. The first-order valence-corrected chi connectivity index (χ1v) is 11.0. The monoisotopic (exact) mass is 530 g/mol. The molecule has 1 atom stereocenters. The van der Waals surface area contributed by atoms with Crippen LogP contribution in [0, 0.1) is 0 Å². The Balaban J connectivity index is 0.00000280. The Morgan fingerprint density at radius 3 is 2.79 bits per heavy atom. The number of aryl methyl sites for hydroxylation is 1. The molecule has 5 nitrogen and oxygen atoms in total. The minimum absolute atomic E-state index is 0. The molecular weight excluding hydrogens is 503 g/mol. The van der Waals surface area contributed by atoms with E-state index in [0.29, 0.717) is 6.54 Å². The van der Waals surface area contributed by atoms with Crippen molar-refractivity contribution in [3.05, 3.63) is 51.7 Å². The average Bonchev–Trinajstić information content (AvgIpc) is 3.32. The van der Waals surface area contributed by atoms with Crippen LogP contribution < -0.4 is 10.6 Å². The summed E-state index contributed by atoms with van der Waals surface area (Å²) in [7, 11) is 0. The molecule has 2 heterocycles. The van der Waals surface area contributed by atoms with Gasteiger partial charge in [0.2, 0.25) is 0 Å². The van der Waals surface area contributed by atoms with Crippen molar-refractivity contribution in [2.24, 2.45) is 4.99 Å². The Morgan fingerprint density at radius 1 is 1.25 bits per heavy atom. The number of fused-ring (bicyclic) bond motifs is 1. The summed E-state index contributed by atoms with van der Waals surface area (Å²) in [5, 5.41) is 22.3. The van der Waals surface area contributed by atoms with Crippen LogP contribution in [0.4, 0.5) is 0 Å². The van der Waals surface area contributed by atoms with Gasteiger partial charge in [-0.1, -0.05) is 12.1 Å². The molecule has 0 aliphatic heterocycles. The van der Waals surface area contributed by atoms with Crippen LogP contribution in [0.25, 0.3) is 10.2 Å². The Hall–Kier alpha value is -1.23. The second-order valence-electron chi connectivity index (χ2n) is 6.59. The average molecular weight is 531 g/mol. The molecule has 0 spiro atoms. The molecule has 2 aromatic heterocycles. The van der Waals surface area contributed by atoms with Gasteiger partial charge in [0.15, 0.2) is 5.96 Å². The van der Waals surface area contributed by atoms with Crippen LogP contribution in [0.3, 0.4) is 0 Å². The number of halogens is 1. The minimum atomic E-state index is -0.955. The van der Waals surface area contributed by atoms with Crippen LogP contribution in [0.1, 0.15) is 30.8 Å². The number of thiazole rings is 1. The zero-order valence-corrected chi connectivity index (χ0v) is 20.1. The lowest BCUT2D eigenvalue weighted by molar-refractivity contribution is 0.0677. The normalized spacial score (nSPS) is 13.8. The summed E-state index contributed by atoms with van der Waals surface area (Å²) < 4.78 is 1.24. The number of rotatable bonds is 8. The summed E-state index contributed by atoms with van der Waals surface area (Å²) in [5.74, 6) is 0.734. The molecule has 8 heteroatoms. The maximum absolute atomic E-state index is 10.6. The van der Waals surface area contributed by atoms with Crippen molar-refractivity contribution in [3.8, 4) is 0 Å². The van der Waals surface area contributed by atoms with Crippen LogP contribution in [0.15, 0.2) is 46.1 Å². The third-order valence-corrected chi connectivity index (χ3v) is 6.01. The molecule has 152 valence electrons. The molecule has 0 amide bonds. The van der Waals surface area contributed by atoms with Gasteiger partial charge >= 0.3 is 0 Å². The highest BCUT2D eigenvalue weighted by Gasteiger charge is 2.23. The van der Waals surface area contributed by atoms with Crippen LogP contribution in [-0.2, 0) is 12.0 Å². The fraction of sp³-hybridized carbons (Fsp3) is 0.400. The quantitative estimate of drug-likeness (QED) is 0.175. The van der Waals surface area contributed by atoms with Gasteiger partial charge in [0.05, 0.1) is 21.8 Å². The van der Waals surface area contributed by atoms with Crippen LogP contribution >= 0.6 is 46.7 Å². The number of thiophene rings is 1. The van der Waals surface area contributed by atoms with Gasteiger partial charge < -0.3 is 15.7 Å². The molecule has 0 saturated carbocycles. The molecule has 1 aromatic carbocycles. The molecule has 0 aliphatic carbocycles. The largest absolute Gasteiger partial charge is 0.383 e. The van der Waals surface area contributed by atoms with Crippen LogP contribution in [0.5, 0.6) is 0 Å². The SMILES string of the molecule is CCNC(=NCC(C)(O)c1ccsc1)NCCCc1nc2ccccc2s1.I. The molecule has 0 bridgehead atoms. The van der Waals surface area contributed by atoms with E-state index in [1.165, 1.54) is 9.71 Å². The lowest BCUT2D eigenvalue weighted by Crippen LogP contribution is -2.39. The van der Waals surface area contributed by atoms with Gasteiger partial charge in [-0.15, -0.1) is 35.3 Å². The topological polar surface area (TPSA) is 69.5 Å². The van der Waals surface area contributed by atoms with Gasteiger partial charge in [-0.3, -0.25) is 0 Å². The number of guanidine groups is 1. The van der Waals surface area contributed by atoms with Crippen molar-refractivity contribution >= 4 is 62.8 Å². The summed E-state index contributed by atoms with van der Waals surface area (Å²) in [6.45, 7) is 5.74. The molecule has 3 aromatic rings. The lowest BCUT2D eigenvalue weighted by atomic mass is 10.00. The maximum atomic E-state index is 10.6. The van der Waals surface area contributed by atoms with Crippen molar-refractivity contribution in [2.45, 2.75) is 32.3 Å². The van der Waals surface area contributed by atoms with E-state index in [-0.39, 0.29) is 24.0 Å². The molecule has 0 radical (unpaired) electrons. The molecular formula is C20H27IN4OS2. The van der Waals surface area contributed by atoms with Crippen LogP contribution in [-0.4, -0.2) is 35.7 Å². The first-order valence-electron chi connectivity index (χ1n) is 9.20. The molecule has 1 unspecified atom stereocenters. The van der Waals surface area contributed by atoms with E-state index in [2.05, 4.69) is 38.8 Å². The predicted molar refractivity (Wildman–Crippen MR) is 131 cm³/mol. The molecule has 0 fully saturated rings. The highest BCUT2D eigenvalue weighted by molar-refractivity contribution is 14.0. The molecule has 0 aliphatic rings. The second-order valence-corrected chi connectivity index (χ2v) is 8.48. The number of aromatic nitrogens is 1. The molecule has 0 saturated heterocycles. The summed E-state index contributed by atoms with van der Waals surface area (Å²) in [5.41, 5.74) is 1.03. The fourth-order valence-corrected chi connectivity index (χ4v) is 4.50. The number of hydrogen-bond acceptors (Lipinski definition) is 5. The zero-order valence-electron chi connectivity index (χ0n) is 16.1. The van der Waals surface area contributed by atoms with Gasteiger partial charge in [0.25, 0.3) is 0 Å². The summed E-state index contributed by atoms with van der Waals surface area (Å²) in [4.78, 5) is 9.23. The van der Waals surface area contributed by atoms with E-state index in [1.54, 1.807) is 29.6 Å². The van der Waals surface area contributed by atoms with Crippen molar-refractivity contribution in [2.75, 3.05) is 19.6 Å². The van der Waals surface area contributed by atoms with E-state index in [1.807, 2.05) is 29.8 Å². The van der Waals surface area contributed by atoms with E-state index in [9.17, 15) is 5.11 Å². The zero-order chi connectivity index (χ0) is 19.1. The Bertz CT molecular complexity index is 844. The summed E-state index contributed by atoms with van der Waals surface area (Å²) in [6.07, 6.45) is 1.92. The Kier molecular flexibility index (Phi) is 9.13. The number of para-hydroxylation sites is 1. The molecule has 3 N–H and O–H groups in total. The van der Waals surface area contributed by atoms with Crippen molar-refractivity contribution in [1.82, 2.24) is 15.6 Å². The third kappa shape index (κ3) is 6.40. The van der Waals surface area contributed by atoms with Crippen molar-refractivity contribution in [1.29, 1.82) is 0 Å². The van der Waals surface area contributed by atoms with Gasteiger partial charge in [-0.25, -0.2) is 9.98 Å². The minimum Gasteiger partial charge on any atom is -0.383 e.